The van der Waals surface area contributed by atoms with Gasteiger partial charge in [-0.25, -0.2) is 13.8 Å². The molecule has 0 aliphatic heterocycles. The summed E-state index contributed by atoms with van der Waals surface area (Å²) in [6.45, 7) is 3.37. The third-order valence-electron chi connectivity index (χ3n) is 4.20. The fraction of sp³-hybridized carbons (Fsp3) is 0.211. The zero-order valence-electron chi connectivity index (χ0n) is 15.0. The van der Waals surface area contributed by atoms with Crippen LogP contribution in [0.4, 0.5) is 8.78 Å². The second-order valence-electron chi connectivity index (χ2n) is 6.28. The molecule has 0 saturated carbocycles. The first kappa shape index (κ1) is 19.1. The van der Waals surface area contributed by atoms with E-state index in [0.717, 1.165) is 12.1 Å². The lowest BCUT2D eigenvalue weighted by Gasteiger charge is -2.15. The van der Waals surface area contributed by atoms with Gasteiger partial charge in [0.2, 0.25) is 5.91 Å². The Morgan fingerprint density at radius 1 is 1.32 bits per heavy atom. The summed E-state index contributed by atoms with van der Waals surface area (Å²) >= 11 is 0. The molecule has 0 fully saturated rings. The van der Waals surface area contributed by atoms with E-state index in [1.54, 1.807) is 13.8 Å². The molecular weight excluding hydrogens is 368 g/mol. The highest BCUT2D eigenvalue weighted by molar-refractivity contribution is 5.83. The molecule has 142 valence electrons. The Kier molecular flexibility index (Phi) is 5.13. The summed E-state index contributed by atoms with van der Waals surface area (Å²) in [5, 5.41) is 11.8. The number of nitriles is 1. The van der Waals surface area contributed by atoms with Crippen molar-refractivity contribution in [2.75, 3.05) is 0 Å². The molecule has 1 atom stereocenters. The number of amides is 1. The summed E-state index contributed by atoms with van der Waals surface area (Å²) in [6.07, 6.45) is 1.06. The second-order valence-corrected chi connectivity index (χ2v) is 6.28. The topological polar surface area (TPSA) is 112 Å². The minimum Gasteiger partial charge on any atom is -0.348 e. The number of pyridine rings is 1. The van der Waals surface area contributed by atoms with Crippen LogP contribution in [-0.4, -0.2) is 20.9 Å². The number of nitrogens with zero attached hydrogens (tertiary/aromatic N) is 3. The summed E-state index contributed by atoms with van der Waals surface area (Å²) in [7, 11) is 0. The monoisotopic (exact) mass is 383 g/mol. The maximum absolute atomic E-state index is 13.4. The van der Waals surface area contributed by atoms with Gasteiger partial charge in [-0.3, -0.25) is 14.6 Å². The van der Waals surface area contributed by atoms with Crippen molar-refractivity contribution in [2.45, 2.75) is 26.3 Å². The van der Waals surface area contributed by atoms with Gasteiger partial charge in [0.25, 0.3) is 5.56 Å². The number of nitrogens with one attached hydrogen (secondary N) is 2. The van der Waals surface area contributed by atoms with E-state index in [9.17, 15) is 18.4 Å². The number of aromatic nitrogens is 3. The molecule has 0 bridgehead atoms. The fourth-order valence-electron chi connectivity index (χ4n) is 2.88. The Hall–Kier alpha value is -3.67. The van der Waals surface area contributed by atoms with E-state index in [0.29, 0.717) is 11.4 Å². The highest BCUT2D eigenvalue weighted by Gasteiger charge is 2.16. The first-order valence-electron chi connectivity index (χ1n) is 8.32. The lowest BCUT2D eigenvalue weighted by molar-refractivity contribution is -0.121. The molecule has 3 rings (SSSR count). The minimum atomic E-state index is -1.07. The van der Waals surface area contributed by atoms with Crippen LogP contribution in [0.5, 0.6) is 0 Å². The van der Waals surface area contributed by atoms with Gasteiger partial charge in [0.05, 0.1) is 35.6 Å². The Bertz CT molecular complexity index is 1180. The number of hydrogen-bond acceptors (Lipinski definition) is 5. The van der Waals surface area contributed by atoms with E-state index in [2.05, 4.69) is 20.3 Å². The molecule has 7 nitrogen and oxygen atoms in total. The Labute approximate surface area is 158 Å². The summed E-state index contributed by atoms with van der Waals surface area (Å²) in [5.41, 5.74) is 0.878. The maximum Gasteiger partial charge on any atom is 0.252 e. The normalized spacial score (nSPS) is 11.8. The van der Waals surface area contributed by atoms with Crippen LogP contribution < -0.4 is 10.9 Å². The first-order valence-corrected chi connectivity index (χ1v) is 8.32. The van der Waals surface area contributed by atoms with E-state index >= 15 is 0 Å². The molecule has 0 unspecified atom stereocenters. The van der Waals surface area contributed by atoms with Crippen LogP contribution >= 0.6 is 0 Å². The quantitative estimate of drug-likeness (QED) is 0.717. The number of aryl methyl sites for hydroxylation is 1. The van der Waals surface area contributed by atoms with Gasteiger partial charge >= 0.3 is 0 Å². The van der Waals surface area contributed by atoms with Crippen molar-refractivity contribution >= 4 is 16.8 Å². The molecule has 0 spiro atoms. The summed E-state index contributed by atoms with van der Waals surface area (Å²) < 4.78 is 26.7. The van der Waals surface area contributed by atoms with Crippen LogP contribution in [-0.2, 0) is 11.2 Å². The number of halogens is 2. The number of carbonyl (C=O) groups excluding carboxylic acids is 1. The fourth-order valence-corrected chi connectivity index (χ4v) is 2.88. The number of aromatic amines is 1. The van der Waals surface area contributed by atoms with Crippen LogP contribution in [0.25, 0.3) is 10.9 Å². The lowest BCUT2D eigenvalue weighted by atomic mass is 10.1. The van der Waals surface area contributed by atoms with Crippen molar-refractivity contribution in [1.82, 2.24) is 20.3 Å². The molecule has 1 aromatic carbocycles. The number of fused-ring (bicyclic) bond motifs is 1. The molecule has 3 aromatic rings. The third-order valence-corrected chi connectivity index (χ3v) is 4.20. The van der Waals surface area contributed by atoms with Gasteiger partial charge in [0.1, 0.15) is 6.07 Å². The minimum absolute atomic E-state index is 0.117. The number of hydrogen-bond donors (Lipinski definition) is 2. The van der Waals surface area contributed by atoms with Crippen LogP contribution in [0.1, 0.15) is 35.6 Å². The van der Waals surface area contributed by atoms with E-state index in [-0.39, 0.29) is 28.6 Å². The van der Waals surface area contributed by atoms with Gasteiger partial charge in [-0.15, -0.1) is 0 Å². The number of H-pyrrole nitrogens is 1. The molecule has 2 heterocycles. The van der Waals surface area contributed by atoms with Crippen molar-refractivity contribution < 1.29 is 13.6 Å². The molecule has 2 N–H and O–H groups in total. The third kappa shape index (κ3) is 3.86. The van der Waals surface area contributed by atoms with Crippen LogP contribution in [0.2, 0.25) is 0 Å². The molecule has 2 aromatic heterocycles. The van der Waals surface area contributed by atoms with Crippen molar-refractivity contribution in [3.63, 3.8) is 0 Å². The van der Waals surface area contributed by atoms with Crippen molar-refractivity contribution in [1.29, 1.82) is 5.26 Å². The molecule has 28 heavy (non-hydrogen) atoms. The lowest BCUT2D eigenvalue weighted by Crippen LogP contribution is -2.31. The van der Waals surface area contributed by atoms with Gasteiger partial charge < -0.3 is 10.3 Å². The van der Waals surface area contributed by atoms with Gasteiger partial charge in [-0.05, 0) is 26.0 Å². The van der Waals surface area contributed by atoms with Crippen LogP contribution in [0.15, 0.2) is 29.2 Å². The second kappa shape index (κ2) is 7.52. The molecule has 9 heteroatoms. The van der Waals surface area contributed by atoms with E-state index in [4.69, 9.17) is 5.26 Å². The Morgan fingerprint density at radius 2 is 2.04 bits per heavy atom. The smallest absolute Gasteiger partial charge is 0.252 e. The molecule has 0 aliphatic rings. The zero-order valence-corrected chi connectivity index (χ0v) is 15.0. The highest BCUT2D eigenvalue weighted by Crippen LogP contribution is 2.17. The van der Waals surface area contributed by atoms with Crippen LogP contribution in [0, 0.1) is 29.9 Å². The average molecular weight is 383 g/mol. The molecule has 1 amide bonds. The zero-order chi connectivity index (χ0) is 20.4. The molecular formula is C19H15F2N5O2. The largest absolute Gasteiger partial charge is 0.348 e. The molecule has 0 saturated heterocycles. The molecule has 0 aliphatic carbocycles. The summed E-state index contributed by atoms with van der Waals surface area (Å²) in [4.78, 5) is 35.1. The van der Waals surface area contributed by atoms with E-state index in [1.807, 2.05) is 6.07 Å². The number of rotatable bonds is 4. The summed E-state index contributed by atoms with van der Waals surface area (Å²) in [6, 6.07) is 4.59. The first-order chi connectivity index (χ1) is 13.3. The highest BCUT2D eigenvalue weighted by atomic mass is 19.2. The van der Waals surface area contributed by atoms with Gasteiger partial charge in [0, 0.05) is 17.0 Å². The Morgan fingerprint density at radius 3 is 2.71 bits per heavy atom. The van der Waals surface area contributed by atoms with Gasteiger partial charge in [-0.1, -0.05) is 0 Å². The maximum atomic E-state index is 13.4. The predicted molar refractivity (Wildman–Crippen MR) is 96.2 cm³/mol. The molecule has 0 radical (unpaired) electrons. The van der Waals surface area contributed by atoms with Crippen molar-refractivity contribution in [2.24, 2.45) is 0 Å². The average Bonchev–Trinajstić information content (AvgIpc) is 2.63. The SMILES string of the molecule is Cc1nc(C#N)cnc1[C@@H](C)NC(=O)Cc1cc2cc(F)c(F)cc2[nH]c1=O. The number of carbonyl (C=O) groups is 1. The standard InChI is InChI=1S/C19H15F2N5O2/c1-9-18(23-8-13(7-22)24-9)10(2)25-17(27)5-12-3-11-4-14(20)15(21)6-16(11)26-19(12)28/h3-4,6,8,10H,5H2,1-2H3,(H,25,27)(H,26,28)/t10-/m1/s1. The van der Waals surface area contributed by atoms with E-state index < -0.39 is 29.1 Å². The Balaban J connectivity index is 1.79. The van der Waals surface area contributed by atoms with Gasteiger partial charge in [0.15, 0.2) is 17.3 Å². The van der Waals surface area contributed by atoms with Crippen molar-refractivity contribution in [3.8, 4) is 6.07 Å². The predicted octanol–water partition coefficient (Wildman–Crippen LogP) is 2.20. The number of benzene rings is 1. The van der Waals surface area contributed by atoms with Crippen molar-refractivity contribution in [3.05, 3.63) is 69.0 Å². The van der Waals surface area contributed by atoms with Crippen LogP contribution in [0.3, 0.4) is 0 Å². The summed E-state index contributed by atoms with van der Waals surface area (Å²) in [5.74, 6) is -2.56. The van der Waals surface area contributed by atoms with E-state index in [1.165, 1.54) is 12.3 Å². The van der Waals surface area contributed by atoms with Gasteiger partial charge in [-0.2, -0.15) is 5.26 Å².